The van der Waals surface area contributed by atoms with Crippen molar-refractivity contribution in [2.75, 3.05) is 39.4 Å². The number of rotatable bonds is 5. The molecule has 2 aromatic rings. The lowest BCUT2D eigenvalue weighted by molar-refractivity contribution is -0.122. The Morgan fingerprint density at radius 2 is 1.92 bits per heavy atom. The lowest BCUT2D eigenvalue weighted by Crippen LogP contribution is -2.41. The predicted molar refractivity (Wildman–Crippen MR) is 95.1 cm³/mol. The molecule has 24 heavy (non-hydrogen) atoms. The number of morpholine rings is 1. The van der Waals surface area contributed by atoms with Gasteiger partial charge in [0.15, 0.2) is 0 Å². The highest BCUT2D eigenvalue weighted by atomic mass is 16.5. The molecule has 1 saturated carbocycles. The maximum Gasteiger partial charge on any atom is 0.223 e. The summed E-state index contributed by atoms with van der Waals surface area (Å²) in [7, 11) is 0. The Bertz CT molecular complexity index is 719. The van der Waals surface area contributed by atoms with Gasteiger partial charge in [-0.15, -0.1) is 0 Å². The van der Waals surface area contributed by atoms with Crippen LogP contribution in [0.1, 0.15) is 17.9 Å². The first-order valence-electron chi connectivity index (χ1n) is 8.88. The van der Waals surface area contributed by atoms with Crippen LogP contribution in [0.2, 0.25) is 0 Å². The average molecular weight is 324 g/mol. The Kier molecular flexibility index (Phi) is 4.50. The number of nitrogens with zero attached hydrogens (tertiary/aromatic N) is 1. The summed E-state index contributed by atoms with van der Waals surface area (Å²) in [6.07, 6.45) is 0.970. The van der Waals surface area contributed by atoms with E-state index < -0.39 is 0 Å². The van der Waals surface area contributed by atoms with Crippen LogP contribution in [0, 0.1) is 5.92 Å². The minimum Gasteiger partial charge on any atom is -0.379 e. The van der Waals surface area contributed by atoms with Crippen molar-refractivity contribution in [3.63, 3.8) is 0 Å². The van der Waals surface area contributed by atoms with Gasteiger partial charge in [-0.05, 0) is 28.7 Å². The van der Waals surface area contributed by atoms with Crippen LogP contribution in [0.25, 0.3) is 10.8 Å². The van der Waals surface area contributed by atoms with Crippen molar-refractivity contribution in [1.82, 2.24) is 10.2 Å². The van der Waals surface area contributed by atoms with Gasteiger partial charge in [0.25, 0.3) is 0 Å². The minimum atomic E-state index is 0.139. The average Bonchev–Trinajstić information content (AvgIpc) is 3.43. The van der Waals surface area contributed by atoms with Gasteiger partial charge in [0, 0.05) is 32.1 Å². The summed E-state index contributed by atoms with van der Waals surface area (Å²) in [5.74, 6) is 0.723. The van der Waals surface area contributed by atoms with Gasteiger partial charge in [-0.2, -0.15) is 0 Å². The molecule has 1 amide bonds. The quantitative estimate of drug-likeness (QED) is 0.918. The van der Waals surface area contributed by atoms with Crippen LogP contribution in [0.4, 0.5) is 0 Å². The van der Waals surface area contributed by atoms with Gasteiger partial charge in [-0.3, -0.25) is 9.69 Å². The van der Waals surface area contributed by atoms with Gasteiger partial charge in [0.05, 0.1) is 13.2 Å². The number of hydrogen-bond acceptors (Lipinski definition) is 3. The van der Waals surface area contributed by atoms with E-state index in [4.69, 9.17) is 4.74 Å². The molecule has 126 valence electrons. The van der Waals surface area contributed by atoms with E-state index in [1.165, 1.54) is 16.3 Å². The van der Waals surface area contributed by atoms with Crippen LogP contribution in [0.3, 0.4) is 0 Å². The molecule has 4 heteroatoms. The minimum absolute atomic E-state index is 0.139. The molecule has 0 bridgehead atoms. The number of nitrogens with one attached hydrogen (secondary N) is 1. The van der Waals surface area contributed by atoms with Gasteiger partial charge in [0.2, 0.25) is 5.91 Å². The Morgan fingerprint density at radius 1 is 1.12 bits per heavy atom. The molecular formula is C20H24N2O2. The molecule has 0 spiro atoms. The number of carbonyl (C=O) groups is 1. The van der Waals surface area contributed by atoms with E-state index in [0.29, 0.717) is 5.92 Å². The van der Waals surface area contributed by atoms with E-state index in [0.717, 1.165) is 45.8 Å². The Balaban J connectivity index is 1.33. The van der Waals surface area contributed by atoms with E-state index in [1.54, 1.807) is 0 Å². The fraction of sp³-hybridized carbons (Fsp3) is 0.450. The maximum atomic E-state index is 12.4. The third-order valence-electron chi connectivity index (χ3n) is 5.18. The van der Waals surface area contributed by atoms with Crippen molar-refractivity contribution >= 4 is 16.7 Å². The summed E-state index contributed by atoms with van der Waals surface area (Å²) in [5, 5.41) is 5.66. The number of fused-ring (bicyclic) bond motifs is 1. The van der Waals surface area contributed by atoms with Gasteiger partial charge >= 0.3 is 0 Å². The van der Waals surface area contributed by atoms with E-state index >= 15 is 0 Å². The van der Waals surface area contributed by atoms with Gasteiger partial charge in [-0.25, -0.2) is 0 Å². The summed E-state index contributed by atoms with van der Waals surface area (Å²) in [6, 6.07) is 14.9. The smallest absolute Gasteiger partial charge is 0.223 e. The second kappa shape index (κ2) is 6.91. The number of amides is 1. The van der Waals surface area contributed by atoms with Crippen LogP contribution in [-0.2, 0) is 9.53 Å². The van der Waals surface area contributed by atoms with Crippen LogP contribution in [0.5, 0.6) is 0 Å². The van der Waals surface area contributed by atoms with Crippen LogP contribution < -0.4 is 5.32 Å². The monoisotopic (exact) mass is 324 g/mol. The maximum absolute atomic E-state index is 12.4. The van der Waals surface area contributed by atoms with Crippen molar-refractivity contribution < 1.29 is 9.53 Å². The van der Waals surface area contributed by atoms with Crippen LogP contribution >= 0.6 is 0 Å². The highest BCUT2D eigenvalue weighted by Gasteiger charge is 2.44. The summed E-state index contributed by atoms with van der Waals surface area (Å²) < 4.78 is 5.34. The Hall–Kier alpha value is -1.91. The Labute approximate surface area is 142 Å². The molecule has 2 aromatic carbocycles. The topological polar surface area (TPSA) is 41.6 Å². The molecule has 0 radical (unpaired) electrons. The van der Waals surface area contributed by atoms with Crippen molar-refractivity contribution in [2.45, 2.75) is 12.3 Å². The molecule has 2 unspecified atom stereocenters. The van der Waals surface area contributed by atoms with E-state index in [9.17, 15) is 4.79 Å². The molecule has 1 heterocycles. The molecule has 1 aliphatic heterocycles. The molecule has 0 aromatic heterocycles. The fourth-order valence-corrected chi connectivity index (χ4v) is 3.70. The van der Waals surface area contributed by atoms with E-state index in [-0.39, 0.29) is 11.8 Å². The number of ether oxygens (including phenoxy) is 1. The summed E-state index contributed by atoms with van der Waals surface area (Å²) in [4.78, 5) is 14.8. The second-order valence-corrected chi connectivity index (χ2v) is 6.76. The molecule has 1 N–H and O–H groups in total. The first kappa shape index (κ1) is 15.6. The number of hydrogen-bond donors (Lipinski definition) is 1. The van der Waals surface area contributed by atoms with Crippen LogP contribution in [-0.4, -0.2) is 50.2 Å². The molecule has 2 atom stereocenters. The molecule has 4 rings (SSSR count). The Morgan fingerprint density at radius 3 is 2.79 bits per heavy atom. The normalized spacial score (nSPS) is 24.0. The van der Waals surface area contributed by atoms with Crippen molar-refractivity contribution in [3.05, 3.63) is 48.0 Å². The zero-order chi connectivity index (χ0) is 16.4. The van der Waals surface area contributed by atoms with E-state index in [1.807, 2.05) is 0 Å². The second-order valence-electron chi connectivity index (χ2n) is 6.76. The molecule has 4 nitrogen and oxygen atoms in total. The zero-order valence-corrected chi connectivity index (χ0v) is 13.9. The third kappa shape index (κ3) is 3.30. The molecule has 1 saturated heterocycles. The predicted octanol–water partition coefficient (Wildman–Crippen LogP) is 2.39. The zero-order valence-electron chi connectivity index (χ0n) is 13.9. The standard InChI is InChI=1S/C20H24N2O2/c23-20(21-8-9-22-10-12-24-13-11-22)19-14-18(19)17-7-3-5-15-4-1-2-6-16(15)17/h1-7,18-19H,8-14H2,(H,21,23). The fourth-order valence-electron chi connectivity index (χ4n) is 3.70. The van der Waals surface area contributed by atoms with Crippen LogP contribution in [0.15, 0.2) is 42.5 Å². The highest BCUT2D eigenvalue weighted by Crippen LogP contribution is 2.49. The van der Waals surface area contributed by atoms with Crippen molar-refractivity contribution in [2.24, 2.45) is 5.92 Å². The van der Waals surface area contributed by atoms with Gasteiger partial charge in [-0.1, -0.05) is 42.5 Å². The summed E-state index contributed by atoms with van der Waals surface area (Å²) in [5.41, 5.74) is 1.32. The third-order valence-corrected chi connectivity index (χ3v) is 5.18. The summed E-state index contributed by atoms with van der Waals surface area (Å²) in [6.45, 7) is 5.20. The molecule has 2 aliphatic rings. The largest absolute Gasteiger partial charge is 0.379 e. The summed E-state index contributed by atoms with van der Waals surface area (Å²) >= 11 is 0. The van der Waals surface area contributed by atoms with Crippen molar-refractivity contribution in [3.8, 4) is 0 Å². The van der Waals surface area contributed by atoms with Gasteiger partial charge < -0.3 is 10.1 Å². The first-order valence-corrected chi connectivity index (χ1v) is 8.88. The highest BCUT2D eigenvalue weighted by molar-refractivity contribution is 5.89. The lowest BCUT2D eigenvalue weighted by Gasteiger charge is -2.26. The molecule has 1 aliphatic carbocycles. The number of benzene rings is 2. The van der Waals surface area contributed by atoms with Crippen molar-refractivity contribution in [1.29, 1.82) is 0 Å². The molecular weight excluding hydrogens is 300 g/mol. The van der Waals surface area contributed by atoms with Gasteiger partial charge in [0.1, 0.15) is 0 Å². The molecule has 2 fully saturated rings. The van der Waals surface area contributed by atoms with E-state index in [2.05, 4.69) is 52.7 Å². The first-order chi connectivity index (χ1) is 11.8. The number of carbonyl (C=O) groups excluding carboxylic acids is 1. The lowest BCUT2D eigenvalue weighted by atomic mass is 10.00. The SMILES string of the molecule is O=C(NCCN1CCOCC1)C1CC1c1cccc2ccccc12.